The lowest BCUT2D eigenvalue weighted by molar-refractivity contribution is -0.137. The molecule has 0 radical (unpaired) electrons. The molecule has 7 heteroatoms. The Bertz CT molecular complexity index is 671. The van der Waals surface area contributed by atoms with Gasteiger partial charge >= 0.3 is 0 Å². The second kappa shape index (κ2) is 7.61. The first-order valence-corrected chi connectivity index (χ1v) is 9.25. The number of aromatic nitrogens is 1. The highest BCUT2D eigenvalue weighted by Gasteiger charge is 2.43. The zero-order valence-electron chi connectivity index (χ0n) is 15.5. The molecule has 7 nitrogen and oxygen atoms in total. The molecule has 0 bridgehead atoms. The van der Waals surface area contributed by atoms with E-state index < -0.39 is 6.10 Å². The van der Waals surface area contributed by atoms with Gasteiger partial charge < -0.3 is 19.6 Å². The minimum atomic E-state index is -0.488. The number of pyridine rings is 1. The van der Waals surface area contributed by atoms with E-state index in [4.69, 9.17) is 4.74 Å². The molecule has 0 saturated carbocycles. The molecule has 1 unspecified atom stereocenters. The van der Waals surface area contributed by atoms with Crippen LogP contribution in [0.1, 0.15) is 43.5 Å². The van der Waals surface area contributed by atoms with Gasteiger partial charge in [-0.05, 0) is 43.7 Å². The number of carbonyl (C=O) groups is 2. The van der Waals surface area contributed by atoms with E-state index in [1.54, 1.807) is 30.2 Å². The molecule has 1 aromatic rings. The topological polar surface area (TPSA) is 83.0 Å². The van der Waals surface area contributed by atoms with Crippen molar-refractivity contribution < 1.29 is 19.4 Å². The van der Waals surface area contributed by atoms with E-state index in [0.29, 0.717) is 50.7 Å². The molecule has 2 saturated heterocycles. The van der Waals surface area contributed by atoms with Crippen LogP contribution in [-0.4, -0.2) is 70.6 Å². The molecule has 0 aromatic carbocycles. The minimum Gasteiger partial charge on any atom is -0.477 e. The Morgan fingerprint density at radius 3 is 2.73 bits per heavy atom. The second-order valence-electron chi connectivity index (χ2n) is 7.34. The first-order valence-electron chi connectivity index (χ1n) is 9.25. The van der Waals surface area contributed by atoms with Gasteiger partial charge in [-0.2, -0.15) is 0 Å². The first-order chi connectivity index (χ1) is 12.4. The van der Waals surface area contributed by atoms with Crippen LogP contribution in [0.3, 0.4) is 0 Å². The van der Waals surface area contributed by atoms with Crippen molar-refractivity contribution in [3.8, 4) is 5.88 Å². The van der Waals surface area contributed by atoms with Crippen molar-refractivity contribution in [2.75, 3.05) is 32.8 Å². The van der Waals surface area contributed by atoms with Gasteiger partial charge in [0.1, 0.15) is 5.56 Å². The number of nitrogens with zero attached hydrogens (tertiary/aromatic N) is 3. The number of rotatable bonds is 3. The number of carbonyl (C=O) groups excluding carboxylic acids is 2. The predicted octanol–water partition coefficient (Wildman–Crippen LogP) is 1.32. The second-order valence-corrected chi connectivity index (χ2v) is 7.34. The Morgan fingerprint density at radius 1 is 1.35 bits per heavy atom. The normalized spacial score (nSPS) is 22.3. The van der Waals surface area contributed by atoms with Crippen molar-refractivity contribution in [2.45, 2.75) is 39.2 Å². The Balaban J connectivity index is 1.68. The number of amides is 2. The molecule has 3 heterocycles. The summed E-state index contributed by atoms with van der Waals surface area (Å²) >= 11 is 0. The van der Waals surface area contributed by atoms with Gasteiger partial charge in [0.2, 0.25) is 11.8 Å². The van der Waals surface area contributed by atoms with E-state index >= 15 is 0 Å². The fourth-order valence-electron chi connectivity index (χ4n) is 4.11. The number of hydrogen-bond donors (Lipinski definition) is 1. The van der Waals surface area contributed by atoms with Gasteiger partial charge in [0.15, 0.2) is 0 Å². The molecule has 1 aromatic heterocycles. The summed E-state index contributed by atoms with van der Waals surface area (Å²) in [6.45, 7) is 6.16. The van der Waals surface area contributed by atoms with Crippen LogP contribution in [-0.2, 0) is 4.79 Å². The van der Waals surface area contributed by atoms with Crippen LogP contribution in [0.25, 0.3) is 0 Å². The quantitative estimate of drug-likeness (QED) is 0.878. The van der Waals surface area contributed by atoms with Gasteiger partial charge in [-0.1, -0.05) is 0 Å². The Hall–Kier alpha value is -2.15. The van der Waals surface area contributed by atoms with Gasteiger partial charge in [0.05, 0.1) is 12.7 Å². The molecule has 1 N–H and O–H groups in total. The molecule has 0 aliphatic carbocycles. The van der Waals surface area contributed by atoms with Crippen molar-refractivity contribution in [1.82, 2.24) is 14.8 Å². The van der Waals surface area contributed by atoms with Crippen molar-refractivity contribution in [2.24, 2.45) is 5.41 Å². The van der Waals surface area contributed by atoms with Gasteiger partial charge in [-0.3, -0.25) is 9.59 Å². The third-order valence-corrected chi connectivity index (χ3v) is 5.47. The number of aliphatic hydroxyl groups excluding tert-OH is 1. The van der Waals surface area contributed by atoms with Crippen LogP contribution in [0, 0.1) is 5.41 Å². The predicted molar refractivity (Wildman–Crippen MR) is 95.9 cm³/mol. The standard InChI is InChI=1S/C19H27N3O4/c1-3-26-17-16(5-4-8-20-17)18(25)21-9-6-19(7-10-21)11-15(24)12-22(13-19)14(2)23/h4-5,8,15,24H,3,6-7,9-13H2,1-2H3. The maximum absolute atomic E-state index is 12.9. The van der Waals surface area contributed by atoms with Crippen LogP contribution in [0.15, 0.2) is 18.3 Å². The Kier molecular flexibility index (Phi) is 5.46. The van der Waals surface area contributed by atoms with Gasteiger partial charge in [-0.25, -0.2) is 4.98 Å². The molecule has 1 atom stereocenters. The average Bonchev–Trinajstić information content (AvgIpc) is 2.62. The smallest absolute Gasteiger partial charge is 0.259 e. The number of piperidine rings is 2. The molecule has 142 valence electrons. The lowest BCUT2D eigenvalue weighted by atomic mass is 9.71. The fourth-order valence-corrected chi connectivity index (χ4v) is 4.11. The van der Waals surface area contributed by atoms with E-state index in [1.165, 1.54) is 0 Å². The average molecular weight is 361 g/mol. The molecule has 2 aliphatic heterocycles. The van der Waals surface area contributed by atoms with Crippen LogP contribution in [0.2, 0.25) is 0 Å². The third-order valence-electron chi connectivity index (χ3n) is 5.47. The third kappa shape index (κ3) is 3.82. The summed E-state index contributed by atoms with van der Waals surface area (Å²) in [6, 6.07) is 3.48. The summed E-state index contributed by atoms with van der Waals surface area (Å²) < 4.78 is 5.48. The maximum Gasteiger partial charge on any atom is 0.259 e. The molecule has 2 amide bonds. The summed E-state index contributed by atoms with van der Waals surface area (Å²) in [4.78, 5) is 32.4. The maximum atomic E-state index is 12.9. The molecule has 1 spiro atoms. The Labute approximate surface area is 153 Å². The summed E-state index contributed by atoms with van der Waals surface area (Å²) in [6.07, 6.45) is 3.38. The minimum absolute atomic E-state index is 0.00153. The molecule has 2 fully saturated rings. The molecular formula is C19H27N3O4. The van der Waals surface area contributed by atoms with E-state index in [-0.39, 0.29) is 17.2 Å². The van der Waals surface area contributed by atoms with Crippen molar-refractivity contribution >= 4 is 11.8 Å². The monoisotopic (exact) mass is 361 g/mol. The van der Waals surface area contributed by atoms with Crippen LogP contribution < -0.4 is 4.74 Å². The molecule has 3 rings (SSSR count). The summed E-state index contributed by atoms with van der Waals surface area (Å²) in [5.74, 6) is 0.297. The lowest BCUT2D eigenvalue weighted by Gasteiger charge is -2.49. The van der Waals surface area contributed by atoms with Gasteiger partial charge in [0, 0.05) is 39.3 Å². The highest BCUT2D eigenvalue weighted by Crippen LogP contribution is 2.40. The zero-order valence-corrected chi connectivity index (χ0v) is 15.5. The number of aliphatic hydroxyl groups is 1. The van der Waals surface area contributed by atoms with Crippen LogP contribution in [0.4, 0.5) is 0 Å². The van der Waals surface area contributed by atoms with Crippen LogP contribution >= 0.6 is 0 Å². The van der Waals surface area contributed by atoms with E-state index in [9.17, 15) is 14.7 Å². The van der Waals surface area contributed by atoms with E-state index in [0.717, 1.165) is 12.8 Å². The number of β-amino-alcohol motifs (C(OH)–C–C–N with tert-alkyl or cyclic N) is 1. The fraction of sp³-hybridized carbons (Fsp3) is 0.632. The molecule has 26 heavy (non-hydrogen) atoms. The van der Waals surface area contributed by atoms with Crippen molar-refractivity contribution in [1.29, 1.82) is 0 Å². The number of hydrogen-bond acceptors (Lipinski definition) is 5. The Morgan fingerprint density at radius 2 is 2.08 bits per heavy atom. The summed E-state index contributed by atoms with van der Waals surface area (Å²) in [5.41, 5.74) is 0.386. The van der Waals surface area contributed by atoms with E-state index in [1.807, 2.05) is 11.8 Å². The number of likely N-dealkylation sites (tertiary alicyclic amines) is 2. The lowest BCUT2D eigenvalue weighted by Crippen LogP contribution is -2.55. The largest absolute Gasteiger partial charge is 0.477 e. The van der Waals surface area contributed by atoms with Crippen molar-refractivity contribution in [3.63, 3.8) is 0 Å². The summed E-state index contributed by atoms with van der Waals surface area (Å²) in [7, 11) is 0. The summed E-state index contributed by atoms with van der Waals surface area (Å²) in [5, 5.41) is 10.2. The highest BCUT2D eigenvalue weighted by atomic mass is 16.5. The molecular weight excluding hydrogens is 334 g/mol. The molecule has 2 aliphatic rings. The van der Waals surface area contributed by atoms with Gasteiger partial charge in [-0.15, -0.1) is 0 Å². The van der Waals surface area contributed by atoms with Gasteiger partial charge in [0.25, 0.3) is 5.91 Å². The number of ether oxygens (including phenoxy) is 1. The van der Waals surface area contributed by atoms with E-state index in [2.05, 4.69) is 4.98 Å². The first kappa shape index (κ1) is 18.6. The van der Waals surface area contributed by atoms with Crippen LogP contribution in [0.5, 0.6) is 5.88 Å². The SMILES string of the molecule is CCOc1ncccc1C(=O)N1CCC2(CC1)CC(O)CN(C(C)=O)C2. The van der Waals surface area contributed by atoms with Crippen molar-refractivity contribution in [3.05, 3.63) is 23.9 Å². The zero-order chi connectivity index (χ0) is 18.7. The highest BCUT2D eigenvalue weighted by molar-refractivity contribution is 5.96.